The molecule has 0 aliphatic rings. The predicted molar refractivity (Wildman–Crippen MR) is 66.6 cm³/mol. The van der Waals surface area contributed by atoms with E-state index in [4.69, 9.17) is 0 Å². The van der Waals surface area contributed by atoms with Crippen molar-refractivity contribution in [1.29, 1.82) is 0 Å². The summed E-state index contributed by atoms with van der Waals surface area (Å²) >= 11 is 0. The SMILES string of the molecule is C=CCCCCCCCCCC=CC. The van der Waals surface area contributed by atoms with E-state index < -0.39 is 0 Å². The molecule has 0 unspecified atom stereocenters. The number of hydrogen-bond acceptors (Lipinski definition) is 0. The van der Waals surface area contributed by atoms with Gasteiger partial charge in [-0.2, -0.15) is 0 Å². The van der Waals surface area contributed by atoms with Gasteiger partial charge >= 0.3 is 0 Å². The summed E-state index contributed by atoms with van der Waals surface area (Å²) in [4.78, 5) is 0. The lowest BCUT2D eigenvalue weighted by atomic mass is 10.1. The molecule has 0 radical (unpaired) electrons. The first-order valence-electron chi connectivity index (χ1n) is 6.14. The molecule has 0 fully saturated rings. The van der Waals surface area contributed by atoms with Gasteiger partial charge in [-0.05, 0) is 32.6 Å². The lowest BCUT2D eigenvalue weighted by Crippen LogP contribution is -1.80. The summed E-state index contributed by atoms with van der Waals surface area (Å²) in [5.74, 6) is 0. The van der Waals surface area contributed by atoms with Crippen LogP contribution in [0.2, 0.25) is 0 Å². The van der Waals surface area contributed by atoms with E-state index in [1.165, 1.54) is 57.8 Å². The first-order chi connectivity index (χ1) is 6.91. The quantitative estimate of drug-likeness (QED) is 0.329. The lowest BCUT2D eigenvalue weighted by molar-refractivity contribution is 0.584. The Balaban J connectivity index is 2.88. The maximum atomic E-state index is 3.73. The summed E-state index contributed by atoms with van der Waals surface area (Å²) < 4.78 is 0. The van der Waals surface area contributed by atoms with Gasteiger partial charge in [0.25, 0.3) is 0 Å². The van der Waals surface area contributed by atoms with Crippen LogP contribution in [0.15, 0.2) is 24.8 Å². The van der Waals surface area contributed by atoms with E-state index in [9.17, 15) is 0 Å². The summed E-state index contributed by atoms with van der Waals surface area (Å²) in [6, 6.07) is 0. The second kappa shape index (κ2) is 12.5. The highest BCUT2D eigenvalue weighted by Crippen LogP contribution is 2.09. The molecule has 0 saturated carbocycles. The Morgan fingerprint density at radius 2 is 1.29 bits per heavy atom. The van der Waals surface area contributed by atoms with Crippen LogP contribution in [0.1, 0.15) is 64.7 Å². The molecule has 0 aromatic carbocycles. The minimum Gasteiger partial charge on any atom is -0.103 e. The second-order valence-electron chi connectivity index (χ2n) is 3.91. The van der Waals surface area contributed by atoms with Crippen molar-refractivity contribution >= 4 is 0 Å². The first-order valence-corrected chi connectivity index (χ1v) is 6.14. The highest BCUT2D eigenvalue weighted by Gasteiger charge is 1.90. The van der Waals surface area contributed by atoms with Crippen molar-refractivity contribution in [3.8, 4) is 0 Å². The topological polar surface area (TPSA) is 0 Å². The molecule has 0 aliphatic heterocycles. The number of unbranched alkanes of at least 4 members (excludes halogenated alkanes) is 8. The van der Waals surface area contributed by atoms with Gasteiger partial charge < -0.3 is 0 Å². The predicted octanol–water partition coefficient (Wildman–Crippen LogP) is 5.26. The first kappa shape index (κ1) is 13.5. The molecule has 82 valence electrons. The fraction of sp³-hybridized carbons (Fsp3) is 0.714. The third-order valence-electron chi connectivity index (χ3n) is 2.51. The van der Waals surface area contributed by atoms with Gasteiger partial charge in [0.05, 0.1) is 0 Å². The van der Waals surface area contributed by atoms with E-state index in [1.807, 2.05) is 6.08 Å². The van der Waals surface area contributed by atoms with Crippen LogP contribution in [0.5, 0.6) is 0 Å². The Morgan fingerprint density at radius 3 is 1.79 bits per heavy atom. The smallest absolute Gasteiger partial charge is 0.0351 e. The normalized spacial score (nSPS) is 10.9. The van der Waals surface area contributed by atoms with Crippen molar-refractivity contribution in [2.75, 3.05) is 0 Å². The van der Waals surface area contributed by atoms with E-state index in [0.717, 1.165) is 0 Å². The van der Waals surface area contributed by atoms with E-state index in [1.54, 1.807) is 0 Å². The van der Waals surface area contributed by atoms with Gasteiger partial charge in [-0.25, -0.2) is 0 Å². The molecule has 0 bridgehead atoms. The maximum Gasteiger partial charge on any atom is -0.0351 e. The summed E-state index contributed by atoms with van der Waals surface area (Å²) in [7, 11) is 0. The van der Waals surface area contributed by atoms with Crippen molar-refractivity contribution in [3.63, 3.8) is 0 Å². The zero-order valence-electron chi connectivity index (χ0n) is 9.80. The highest BCUT2D eigenvalue weighted by atomic mass is 14.0. The Bertz CT molecular complexity index is 133. The summed E-state index contributed by atoms with van der Waals surface area (Å²) in [6.07, 6.45) is 18.7. The molecule has 0 atom stereocenters. The molecule has 0 spiro atoms. The zero-order chi connectivity index (χ0) is 10.5. The van der Waals surface area contributed by atoms with Crippen molar-refractivity contribution in [2.24, 2.45) is 0 Å². The fourth-order valence-electron chi connectivity index (χ4n) is 1.60. The Hall–Kier alpha value is -0.520. The molecule has 0 saturated heterocycles. The van der Waals surface area contributed by atoms with Gasteiger partial charge in [0.1, 0.15) is 0 Å². The average Bonchev–Trinajstić information content (AvgIpc) is 2.21. The standard InChI is InChI=1S/C14H26/c1-3-5-7-9-11-13-14-12-10-8-6-4-2/h3-4,6H,1,5,7-14H2,2H3. The minimum atomic E-state index is 1.20. The molecule has 0 aliphatic carbocycles. The second-order valence-corrected chi connectivity index (χ2v) is 3.91. The third-order valence-corrected chi connectivity index (χ3v) is 2.51. The highest BCUT2D eigenvalue weighted by molar-refractivity contribution is 4.76. The van der Waals surface area contributed by atoms with Gasteiger partial charge in [0.15, 0.2) is 0 Å². The maximum absolute atomic E-state index is 3.73. The number of allylic oxidation sites excluding steroid dienone is 3. The molecular formula is C14H26. The van der Waals surface area contributed by atoms with E-state index in [0.29, 0.717) is 0 Å². The van der Waals surface area contributed by atoms with Gasteiger partial charge in [-0.3, -0.25) is 0 Å². The van der Waals surface area contributed by atoms with E-state index in [-0.39, 0.29) is 0 Å². The van der Waals surface area contributed by atoms with Crippen LogP contribution in [-0.2, 0) is 0 Å². The molecule has 0 heteroatoms. The van der Waals surface area contributed by atoms with Crippen LogP contribution in [0, 0.1) is 0 Å². The summed E-state index contributed by atoms with van der Waals surface area (Å²) in [6.45, 7) is 5.83. The molecule has 14 heavy (non-hydrogen) atoms. The molecule has 0 nitrogen and oxygen atoms in total. The molecule has 0 aromatic rings. The Kier molecular flexibility index (Phi) is 12.0. The Labute approximate surface area is 90.1 Å². The molecule has 0 rings (SSSR count). The van der Waals surface area contributed by atoms with Crippen LogP contribution < -0.4 is 0 Å². The van der Waals surface area contributed by atoms with Gasteiger partial charge in [0.2, 0.25) is 0 Å². The van der Waals surface area contributed by atoms with Crippen molar-refractivity contribution in [3.05, 3.63) is 24.8 Å². The van der Waals surface area contributed by atoms with Crippen molar-refractivity contribution in [1.82, 2.24) is 0 Å². The number of rotatable bonds is 10. The van der Waals surface area contributed by atoms with Gasteiger partial charge in [-0.15, -0.1) is 6.58 Å². The largest absolute Gasteiger partial charge is 0.103 e. The van der Waals surface area contributed by atoms with Gasteiger partial charge in [0, 0.05) is 0 Å². The molecule has 0 N–H and O–H groups in total. The van der Waals surface area contributed by atoms with Crippen LogP contribution in [0.3, 0.4) is 0 Å². The molecule has 0 amide bonds. The zero-order valence-corrected chi connectivity index (χ0v) is 9.80. The Morgan fingerprint density at radius 1 is 0.786 bits per heavy atom. The third kappa shape index (κ3) is 11.5. The lowest BCUT2D eigenvalue weighted by Gasteiger charge is -1.99. The van der Waals surface area contributed by atoms with Crippen molar-refractivity contribution in [2.45, 2.75) is 64.7 Å². The van der Waals surface area contributed by atoms with Crippen LogP contribution >= 0.6 is 0 Å². The minimum absolute atomic E-state index is 1.20. The summed E-state index contributed by atoms with van der Waals surface area (Å²) in [5, 5.41) is 0. The van der Waals surface area contributed by atoms with Crippen molar-refractivity contribution < 1.29 is 0 Å². The van der Waals surface area contributed by atoms with Crippen LogP contribution in [0.4, 0.5) is 0 Å². The monoisotopic (exact) mass is 194 g/mol. The van der Waals surface area contributed by atoms with E-state index in [2.05, 4.69) is 25.7 Å². The molecule has 0 aromatic heterocycles. The van der Waals surface area contributed by atoms with Crippen LogP contribution in [0.25, 0.3) is 0 Å². The number of hydrogen-bond donors (Lipinski definition) is 0. The van der Waals surface area contributed by atoms with E-state index >= 15 is 0 Å². The molecular weight excluding hydrogens is 168 g/mol. The van der Waals surface area contributed by atoms with Crippen LogP contribution in [-0.4, -0.2) is 0 Å². The summed E-state index contributed by atoms with van der Waals surface area (Å²) in [5.41, 5.74) is 0. The molecule has 0 heterocycles. The fourth-order valence-corrected chi connectivity index (χ4v) is 1.60. The van der Waals surface area contributed by atoms with Gasteiger partial charge in [-0.1, -0.05) is 50.3 Å². The average molecular weight is 194 g/mol.